The van der Waals surface area contributed by atoms with E-state index in [2.05, 4.69) is 15.6 Å². The second-order valence-corrected chi connectivity index (χ2v) is 3.76. The molecule has 0 aromatic carbocycles. The van der Waals surface area contributed by atoms with Crippen LogP contribution >= 0.6 is 11.3 Å². The minimum atomic E-state index is -0.101. The summed E-state index contributed by atoms with van der Waals surface area (Å²) >= 11 is 1.42. The lowest BCUT2D eigenvalue weighted by Crippen LogP contribution is -2.38. The van der Waals surface area contributed by atoms with Crippen molar-refractivity contribution in [3.05, 3.63) is 16.6 Å². The molecule has 0 saturated carbocycles. The summed E-state index contributed by atoms with van der Waals surface area (Å²) in [5, 5.41) is 7.77. The summed E-state index contributed by atoms with van der Waals surface area (Å²) in [7, 11) is 0. The van der Waals surface area contributed by atoms with E-state index < -0.39 is 0 Å². The SMILES string of the molecule is CCN[C@H](C)CNC(=O)c1cscn1. The van der Waals surface area contributed by atoms with E-state index in [1.54, 1.807) is 10.9 Å². The lowest BCUT2D eigenvalue weighted by molar-refractivity contribution is 0.0946. The van der Waals surface area contributed by atoms with Crippen LogP contribution in [-0.4, -0.2) is 30.0 Å². The maximum absolute atomic E-state index is 11.4. The normalized spacial score (nSPS) is 12.4. The fraction of sp³-hybridized carbons (Fsp3) is 0.556. The summed E-state index contributed by atoms with van der Waals surface area (Å²) in [6, 6.07) is 0.294. The van der Waals surface area contributed by atoms with Crippen molar-refractivity contribution in [2.75, 3.05) is 13.1 Å². The Morgan fingerprint density at radius 1 is 1.71 bits per heavy atom. The van der Waals surface area contributed by atoms with Gasteiger partial charge in [-0.3, -0.25) is 4.79 Å². The first-order valence-electron chi connectivity index (χ1n) is 4.63. The Balaban J connectivity index is 2.28. The van der Waals surface area contributed by atoms with Gasteiger partial charge in [-0.25, -0.2) is 4.98 Å². The number of carbonyl (C=O) groups excluding carboxylic acids is 1. The molecule has 1 heterocycles. The summed E-state index contributed by atoms with van der Waals surface area (Å²) < 4.78 is 0. The topological polar surface area (TPSA) is 54.0 Å². The fourth-order valence-corrected chi connectivity index (χ4v) is 1.61. The highest BCUT2D eigenvalue weighted by atomic mass is 32.1. The molecule has 2 N–H and O–H groups in total. The maximum atomic E-state index is 11.4. The molecule has 0 saturated heterocycles. The van der Waals surface area contributed by atoms with Crippen molar-refractivity contribution < 1.29 is 4.79 Å². The maximum Gasteiger partial charge on any atom is 0.270 e. The molecule has 0 spiro atoms. The lowest BCUT2D eigenvalue weighted by Gasteiger charge is -2.12. The van der Waals surface area contributed by atoms with E-state index in [-0.39, 0.29) is 5.91 Å². The largest absolute Gasteiger partial charge is 0.349 e. The minimum Gasteiger partial charge on any atom is -0.349 e. The highest BCUT2D eigenvalue weighted by Crippen LogP contribution is 1.99. The zero-order chi connectivity index (χ0) is 10.4. The smallest absolute Gasteiger partial charge is 0.270 e. The molecule has 4 nitrogen and oxygen atoms in total. The van der Waals surface area contributed by atoms with Crippen molar-refractivity contribution >= 4 is 17.2 Å². The van der Waals surface area contributed by atoms with Crippen LogP contribution in [0.2, 0.25) is 0 Å². The Kier molecular flexibility index (Phi) is 4.55. The zero-order valence-electron chi connectivity index (χ0n) is 8.41. The first-order valence-corrected chi connectivity index (χ1v) is 5.58. The third-order valence-electron chi connectivity index (χ3n) is 1.79. The van der Waals surface area contributed by atoms with Crippen LogP contribution in [0.4, 0.5) is 0 Å². The molecular formula is C9H15N3OS. The summed E-state index contributed by atoms with van der Waals surface area (Å²) in [4.78, 5) is 15.3. The highest BCUT2D eigenvalue weighted by Gasteiger charge is 2.08. The van der Waals surface area contributed by atoms with E-state index in [0.717, 1.165) is 6.54 Å². The van der Waals surface area contributed by atoms with Gasteiger partial charge in [-0.2, -0.15) is 0 Å². The van der Waals surface area contributed by atoms with Gasteiger partial charge in [-0.1, -0.05) is 6.92 Å². The molecule has 0 radical (unpaired) electrons. The number of rotatable bonds is 5. The van der Waals surface area contributed by atoms with Gasteiger partial charge in [0.05, 0.1) is 5.51 Å². The van der Waals surface area contributed by atoms with Crippen molar-refractivity contribution in [1.82, 2.24) is 15.6 Å². The van der Waals surface area contributed by atoms with Crippen LogP contribution in [0, 0.1) is 0 Å². The molecule has 0 aliphatic rings. The summed E-state index contributed by atoms with van der Waals surface area (Å²) in [5.74, 6) is -0.101. The highest BCUT2D eigenvalue weighted by molar-refractivity contribution is 7.07. The summed E-state index contributed by atoms with van der Waals surface area (Å²) in [6.07, 6.45) is 0. The molecular weight excluding hydrogens is 198 g/mol. The fourth-order valence-electron chi connectivity index (χ4n) is 1.08. The molecule has 0 fully saturated rings. The first-order chi connectivity index (χ1) is 6.74. The van der Waals surface area contributed by atoms with E-state index in [4.69, 9.17) is 0 Å². The molecule has 1 aromatic heterocycles. The molecule has 14 heavy (non-hydrogen) atoms. The number of nitrogens with one attached hydrogen (secondary N) is 2. The van der Waals surface area contributed by atoms with Crippen molar-refractivity contribution in [1.29, 1.82) is 0 Å². The zero-order valence-corrected chi connectivity index (χ0v) is 9.23. The molecule has 1 rings (SSSR count). The number of nitrogens with zero attached hydrogens (tertiary/aromatic N) is 1. The number of hydrogen-bond donors (Lipinski definition) is 2. The third kappa shape index (κ3) is 3.43. The van der Waals surface area contributed by atoms with Crippen LogP contribution in [0.1, 0.15) is 24.3 Å². The van der Waals surface area contributed by atoms with Crippen molar-refractivity contribution in [3.8, 4) is 0 Å². The minimum absolute atomic E-state index is 0.101. The standard InChI is InChI=1S/C9H15N3OS/c1-3-10-7(2)4-11-9(13)8-5-14-6-12-8/h5-7,10H,3-4H2,1-2H3,(H,11,13)/t7-/m1/s1. The number of amides is 1. The van der Waals surface area contributed by atoms with Crippen LogP contribution < -0.4 is 10.6 Å². The number of carbonyl (C=O) groups is 1. The van der Waals surface area contributed by atoms with Crippen molar-refractivity contribution in [3.63, 3.8) is 0 Å². The van der Waals surface area contributed by atoms with Crippen molar-refractivity contribution in [2.45, 2.75) is 19.9 Å². The Morgan fingerprint density at radius 2 is 2.50 bits per heavy atom. The van der Waals surface area contributed by atoms with E-state index >= 15 is 0 Å². The second-order valence-electron chi connectivity index (χ2n) is 3.04. The Hall–Kier alpha value is -0.940. The van der Waals surface area contributed by atoms with Gasteiger partial charge in [0.2, 0.25) is 0 Å². The Bertz CT molecular complexity index is 274. The van der Waals surface area contributed by atoms with Gasteiger partial charge in [0, 0.05) is 18.0 Å². The van der Waals surface area contributed by atoms with Crippen LogP contribution in [0.25, 0.3) is 0 Å². The van der Waals surface area contributed by atoms with Gasteiger partial charge in [-0.15, -0.1) is 11.3 Å². The van der Waals surface area contributed by atoms with Crippen LogP contribution in [0.5, 0.6) is 0 Å². The number of aromatic nitrogens is 1. The van der Waals surface area contributed by atoms with E-state index in [9.17, 15) is 4.79 Å². The average molecular weight is 213 g/mol. The van der Waals surface area contributed by atoms with Crippen LogP contribution in [-0.2, 0) is 0 Å². The Morgan fingerprint density at radius 3 is 3.07 bits per heavy atom. The van der Waals surface area contributed by atoms with Gasteiger partial charge in [0.15, 0.2) is 0 Å². The third-order valence-corrected chi connectivity index (χ3v) is 2.37. The molecule has 1 atom stereocenters. The number of thiazole rings is 1. The molecule has 1 aromatic rings. The van der Waals surface area contributed by atoms with Crippen LogP contribution in [0.3, 0.4) is 0 Å². The molecule has 5 heteroatoms. The van der Waals surface area contributed by atoms with Gasteiger partial charge in [0.25, 0.3) is 5.91 Å². The van der Waals surface area contributed by atoms with E-state index in [1.165, 1.54) is 11.3 Å². The first kappa shape index (κ1) is 11.1. The molecule has 0 aliphatic carbocycles. The lowest BCUT2D eigenvalue weighted by atomic mass is 10.3. The summed E-state index contributed by atoms with van der Waals surface area (Å²) in [6.45, 7) is 5.61. The molecule has 0 unspecified atom stereocenters. The molecule has 1 amide bonds. The quantitative estimate of drug-likeness (QED) is 0.763. The monoisotopic (exact) mass is 213 g/mol. The van der Waals surface area contributed by atoms with Crippen molar-refractivity contribution in [2.24, 2.45) is 0 Å². The molecule has 0 aliphatic heterocycles. The van der Waals surface area contributed by atoms with E-state index in [1.807, 2.05) is 13.8 Å². The van der Waals surface area contributed by atoms with Gasteiger partial charge in [0.1, 0.15) is 5.69 Å². The molecule has 78 valence electrons. The predicted octanol–water partition coefficient (Wildman–Crippen LogP) is 0.871. The van der Waals surface area contributed by atoms with Gasteiger partial charge < -0.3 is 10.6 Å². The number of hydrogen-bond acceptors (Lipinski definition) is 4. The predicted molar refractivity (Wildman–Crippen MR) is 57.6 cm³/mol. The average Bonchev–Trinajstić information content (AvgIpc) is 2.67. The van der Waals surface area contributed by atoms with Gasteiger partial charge >= 0.3 is 0 Å². The van der Waals surface area contributed by atoms with Gasteiger partial charge in [-0.05, 0) is 13.5 Å². The molecule has 0 bridgehead atoms. The summed E-state index contributed by atoms with van der Waals surface area (Å²) in [5.41, 5.74) is 2.15. The second kappa shape index (κ2) is 5.72. The van der Waals surface area contributed by atoms with Crippen LogP contribution in [0.15, 0.2) is 10.9 Å². The Labute approximate surface area is 87.7 Å². The number of likely N-dealkylation sites (N-methyl/N-ethyl adjacent to an activating group) is 1. The van der Waals surface area contributed by atoms with E-state index in [0.29, 0.717) is 18.3 Å².